The first-order chi connectivity index (χ1) is 10.3. The zero-order chi connectivity index (χ0) is 14.5. The van der Waals surface area contributed by atoms with Crippen LogP contribution in [-0.2, 0) is 15.9 Å². The van der Waals surface area contributed by atoms with Gasteiger partial charge in [0.2, 0.25) is 0 Å². The Balaban J connectivity index is 1.50. The van der Waals surface area contributed by atoms with Gasteiger partial charge in [0.05, 0.1) is 18.3 Å². The number of likely N-dealkylation sites (N-methyl/N-ethyl adjacent to an activating group) is 1. The van der Waals surface area contributed by atoms with Crippen LogP contribution in [0.4, 0.5) is 0 Å². The van der Waals surface area contributed by atoms with Gasteiger partial charge in [-0.05, 0) is 57.2 Å². The summed E-state index contributed by atoms with van der Waals surface area (Å²) >= 11 is 0. The lowest BCUT2D eigenvalue weighted by molar-refractivity contribution is -0.164. The maximum absolute atomic E-state index is 5.85. The fraction of sp³-hybridized carbons (Fsp3) is 0.706. The van der Waals surface area contributed by atoms with Crippen LogP contribution in [-0.4, -0.2) is 43.0 Å². The normalized spacial score (nSPS) is 25.8. The maximum Gasteiger partial charge on any atom is 0.157 e. The molecular weight excluding hydrogens is 264 g/mol. The van der Waals surface area contributed by atoms with E-state index in [4.69, 9.17) is 9.47 Å². The van der Waals surface area contributed by atoms with Crippen molar-refractivity contribution in [3.05, 3.63) is 29.6 Å². The van der Waals surface area contributed by atoms with E-state index in [-0.39, 0.29) is 6.29 Å². The molecule has 2 heterocycles. The van der Waals surface area contributed by atoms with E-state index in [1.54, 1.807) is 0 Å². The van der Waals surface area contributed by atoms with Gasteiger partial charge in [-0.15, -0.1) is 0 Å². The third-order valence-corrected chi connectivity index (χ3v) is 4.58. The molecule has 0 amide bonds. The second-order valence-electron chi connectivity index (χ2n) is 6.10. The van der Waals surface area contributed by atoms with Crippen molar-refractivity contribution in [1.29, 1.82) is 0 Å². The molecule has 0 aromatic carbocycles. The summed E-state index contributed by atoms with van der Waals surface area (Å²) in [7, 11) is 2.18. The second-order valence-corrected chi connectivity index (χ2v) is 6.10. The molecule has 1 aliphatic heterocycles. The predicted molar refractivity (Wildman–Crippen MR) is 82.1 cm³/mol. The molecule has 1 aromatic heterocycles. The molecule has 21 heavy (non-hydrogen) atoms. The number of aromatic nitrogens is 1. The van der Waals surface area contributed by atoms with E-state index in [2.05, 4.69) is 23.0 Å². The Morgan fingerprint density at radius 2 is 2.29 bits per heavy atom. The summed E-state index contributed by atoms with van der Waals surface area (Å²) in [5.74, 6) is 0. The maximum atomic E-state index is 5.85. The molecule has 0 N–H and O–H groups in total. The first-order valence-electron chi connectivity index (χ1n) is 8.22. The smallest absolute Gasteiger partial charge is 0.157 e. The fourth-order valence-corrected chi connectivity index (χ4v) is 3.34. The predicted octanol–water partition coefficient (Wildman–Crippen LogP) is 2.93. The van der Waals surface area contributed by atoms with E-state index >= 15 is 0 Å². The minimum absolute atomic E-state index is 0.0175. The molecule has 4 heteroatoms. The van der Waals surface area contributed by atoms with E-state index in [9.17, 15) is 0 Å². The third-order valence-electron chi connectivity index (χ3n) is 4.58. The molecule has 1 aliphatic carbocycles. The Hall–Kier alpha value is -0.970. The van der Waals surface area contributed by atoms with E-state index in [0.717, 1.165) is 26.2 Å². The highest BCUT2D eigenvalue weighted by Gasteiger charge is 2.24. The summed E-state index contributed by atoms with van der Waals surface area (Å²) in [5.41, 5.74) is 2.68. The Labute approximate surface area is 127 Å². The summed E-state index contributed by atoms with van der Waals surface area (Å²) in [5, 5.41) is 0. The molecule has 4 nitrogen and oxygen atoms in total. The number of fused-ring (bicyclic) bond motifs is 1. The summed E-state index contributed by atoms with van der Waals surface area (Å²) in [6.07, 6.45) is 8.98. The van der Waals surface area contributed by atoms with Crippen molar-refractivity contribution in [3.63, 3.8) is 0 Å². The lowest BCUT2D eigenvalue weighted by atomic mass is 9.91. The van der Waals surface area contributed by atoms with Crippen molar-refractivity contribution < 1.29 is 9.47 Å². The molecule has 2 unspecified atom stereocenters. The zero-order valence-electron chi connectivity index (χ0n) is 13.0. The highest BCUT2D eigenvalue weighted by Crippen LogP contribution is 2.31. The average molecular weight is 290 g/mol. The van der Waals surface area contributed by atoms with E-state index in [1.807, 2.05) is 12.3 Å². The van der Waals surface area contributed by atoms with Crippen molar-refractivity contribution in [1.82, 2.24) is 9.88 Å². The zero-order valence-corrected chi connectivity index (χ0v) is 13.0. The molecule has 1 aromatic rings. The molecule has 0 radical (unpaired) electrons. The molecule has 2 aliphatic rings. The van der Waals surface area contributed by atoms with Gasteiger partial charge in [0.15, 0.2) is 6.29 Å². The second kappa shape index (κ2) is 7.34. The number of aryl methyl sites for hydroxylation is 1. The molecule has 116 valence electrons. The standard InChI is InChI=1S/C17H26N2O2/c1-19(11-13-21-16-9-2-3-12-20-16)15-8-4-6-14-7-5-10-18-17(14)15/h5,7,10,15-16H,2-4,6,8-9,11-13H2,1H3. The van der Waals surface area contributed by atoms with Gasteiger partial charge in [-0.3, -0.25) is 9.88 Å². The molecule has 0 saturated carbocycles. The molecule has 0 bridgehead atoms. The van der Waals surface area contributed by atoms with Crippen molar-refractivity contribution in [2.24, 2.45) is 0 Å². The van der Waals surface area contributed by atoms with Crippen molar-refractivity contribution in [2.75, 3.05) is 26.8 Å². The van der Waals surface area contributed by atoms with E-state index < -0.39 is 0 Å². The average Bonchev–Trinajstić information content (AvgIpc) is 2.55. The Morgan fingerprint density at radius 1 is 1.33 bits per heavy atom. The van der Waals surface area contributed by atoms with Crippen molar-refractivity contribution in [2.45, 2.75) is 50.9 Å². The summed E-state index contributed by atoms with van der Waals surface area (Å²) < 4.78 is 11.5. The van der Waals surface area contributed by atoms with Crippen molar-refractivity contribution in [3.8, 4) is 0 Å². The lowest BCUT2D eigenvalue weighted by Crippen LogP contribution is -2.33. The number of hydrogen-bond acceptors (Lipinski definition) is 4. The van der Waals surface area contributed by atoms with Crippen LogP contribution in [0.3, 0.4) is 0 Å². The number of hydrogen-bond donors (Lipinski definition) is 0. The molecule has 1 fully saturated rings. The van der Waals surface area contributed by atoms with Gasteiger partial charge < -0.3 is 9.47 Å². The number of pyridine rings is 1. The van der Waals surface area contributed by atoms with Gasteiger partial charge in [0.25, 0.3) is 0 Å². The van der Waals surface area contributed by atoms with E-state index in [1.165, 1.54) is 43.4 Å². The van der Waals surface area contributed by atoms with Gasteiger partial charge >= 0.3 is 0 Å². The number of nitrogens with zero attached hydrogens (tertiary/aromatic N) is 2. The molecule has 3 rings (SSSR count). The van der Waals surface area contributed by atoms with Gasteiger partial charge in [0, 0.05) is 19.3 Å². The van der Waals surface area contributed by atoms with Crippen LogP contribution < -0.4 is 0 Å². The lowest BCUT2D eigenvalue weighted by Gasteiger charge is -2.32. The number of ether oxygens (including phenoxy) is 2. The summed E-state index contributed by atoms with van der Waals surface area (Å²) in [6.45, 7) is 2.51. The molecular formula is C17H26N2O2. The van der Waals surface area contributed by atoms with Crippen LogP contribution in [0.2, 0.25) is 0 Å². The van der Waals surface area contributed by atoms with Gasteiger partial charge in [0.1, 0.15) is 0 Å². The third kappa shape index (κ3) is 3.82. The van der Waals surface area contributed by atoms with Crippen LogP contribution >= 0.6 is 0 Å². The topological polar surface area (TPSA) is 34.6 Å². The van der Waals surface area contributed by atoms with Crippen LogP contribution in [0.5, 0.6) is 0 Å². The Kier molecular flexibility index (Phi) is 5.22. The minimum Gasteiger partial charge on any atom is -0.353 e. The summed E-state index contributed by atoms with van der Waals surface area (Å²) in [4.78, 5) is 7.00. The van der Waals surface area contributed by atoms with Crippen molar-refractivity contribution >= 4 is 0 Å². The van der Waals surface area contributed by atoms with Crippen LogP contribution in [0.1, 0.15) is 49.4 Å². The molecule has 1 saturated heterocycles. The monoisotopic (exact) mass is 290 g/mol. The largest absolute Gasteiger partial charge is 0.353 e. The van der Waals surface area contributed by atoms with Crippen LogP contribution in [0.25, 0.3) is 0 Å². The number of rotatable bonds is 5. The van der Waals surface area contributed by atoms with Gasteiger partial charge in [-0.2, -0.15) is 0 Å². The highest BCUT2D eigenvalue weighted by atomic mass is 16.7. The quantitative estimate of drug-likeness (QED) is 0.835. The Morgan fingerprint density at radius 3 is 3.14 bits per heavy atom. The van der Waals surface area contributed by atoms with Gasteiger partial charge in [-0.1, -0.05) is 6.07 Å². The highest BCUT2D eigenvalue weighted by molar-refractivity contribution is 5.25. The van der Waals surface area contributed by atoms with E-state index in [0.29, 0.717) is 6.04 Å². The van der Waals surface area contributed by atoms with Gasteiger partial charge in [-0.25, -0.2) is 0 Å². The van der Waals surface area contributed by atoms with Crippen LogP contribution in [0, 0.1) is 0 Å². The Bertz CT molecular complexity index is 446. The summed E-state index contributed by atoms with van der Waals surface area (Å²) in [6, 6.07) is 4.70. The van der Waals surface area contributed by atoms with Crippen LogP contribution in [0.15, 0.2) is 18.3 Å². The molecule has 2 atom stereocenters. The molecule has 0 spiro atoms. The SMILES string of the molecule is CN(CCOC1CCCCO1)C1CCCc2cccnc21. The first kappa shape index (κ1) is 14.9. The minimum atomic E-state index is 0.0175. The fourth-order valence-electron chi connectivity index (χ4n) is 3.34. The first-order valence-corrected chi connectivity index (χ1v) is 8.22.